The van der Waals surface area contributed by atoms with Crippen molar-refractivity contribution >= 4 is 11.7 Å². The van der Waals surface area contributed by atoms with Crippen LogP contribution in [0.3, 0.4) is 0 Å². The molecule has 0 aliphatic heterocycles. The largest absolute Gasteiger partial charge is 0.457 e. The molecule has 5 heteroatoms. The standard InChI is InChI=1S/C18H17N3O2/c1-13-11-17(21(2)20-13)19-18(22)14-7-6-10-16(12-14)23-15-8-4-3-5-9-15/h3-12H,1-2H3,(H,19,22). The summed E-state index contributed by atoms with van der Waals surface area (Å²) >= 11 is 0. The van der Waals surface area contributed by atoms with E-state index in [1.54, 1.807) is 29.9 Å². The predicted octanol–water partition coefficient (Wildman–Crippen LogP) is 3.77. The summed E-state index contributed by atoms with van der Waals surface area (Å²) in [6.07, 6.45) is 0. The van der Waals surface area contributed by atoms with E-state index in [-0.39, 0.29) is 5.91 Å². The summed E-state index contributed by atoms with van der Waals surface area (Å²) in [5.74, 6) is 1.80. The SMILES string of the molecule is Cc1cc(NC(=O)c2cccc(Oc3ccccc3)c2)n(C)n1. The molecule has 3 aromatic rings. The molecular weight excluding hydrogens is 290 g/mol. The van der Waals surface area contributed by atoms with E-state index in [0.717, 1.165) is 11.4 Å². The van der Waals surface area contributed by atoms with Crippen molar-refractivity contribution in [3.63, 3.8) is 0 Å². The molecule has 0 aliphatic carbocycles. The Kier molecular flexibility index (Phi) is 4.10. The van der Waals surface area contributed by atoms with Crippen LogP contribution in [-0.2, 0) is 7.05 Å². The Morgan fingerprint density at radius 1 is 1.04 bits per heavy atom. The number of carbonyl (C=O) groups excluding carboxylic acids is 1. The monoisotopic (exact) mass is 307 g/mol. The third-order valence-corrected chi connectivity index (χ3v) is 3.32. The summed E-state index contributed by atoms with van der Waals surface area (Å²) in [4.78, 5) is 12.4. The number of anilines is 1. The summed E-state index contributed by atoms with van der Waals surface area (Å²) < 4.78 is 7.39. The lowest BCUT2D eigenvalue weighted by Gasteiger charge is -2.08. The maximum Gasteiger partial charge on any atom is 0.256 e. The van der Waals surface area contributed by atoms with Crippen molar-refractivity contribution in [2.45, 2.75) is 6.92 Å². The summed E-state index contributed by atoms with van der Waals surface area (Å²) in [5.41, 5.74) is 1.38. The molecule has 0 fully saturated rings. The fourth-order valence-corrected chi connectivity index (χ4v) is 2.24. The molecule has 0 aliphatic rings. The number of rotatable bonds is 4. The Bertz CT molecular complexity index is 825. The molecule has 5 nitrogen and oxygen atoms in total. The van der Waals surface area contributed by atoms with Crippen LogP contribution >= 0.6 is 0 Å². The first-order chi connectivity index (χ1) is 11.1. The van der Waals surface area contributed by atoms with Crippen molar-refractivity contribution in [3.05, 3.63) is 71.9 Å². The molecule has 3 rings (SSSR count). The zero-order valence-electron chi connectivity index (χ0n) is 13.0. The van der Waals surface area contributed by atoms with Crippen molar-refractivity contribution in [3.8, 4) is 11.5 Å². The molecule has 0 spiro atoms. The van der Waals surface area contributed by atoms with Gasteiger partial charge in [-0.2, -0.15) is 5.10 Å². The molecule has 116 valence electrons. The zero-order valence-corrected chi connectivity index (χ0v) is 13.0. The molecule has 1 N–H and O–H groups in total. The highest BCUT2D eigenvalue weighted by molar-refractivity contribution is 6.04. The second kappa shape index (κ2) is 6.36. The van der Waals surface area contributed by atoms with Crippen LogP contribution in [0, 0.1) is 6.92 Å². The van der Waals surface area contributed by atoms with Gasteiger partial charge in [-0.05, 0) is 37.3 Å². The number of benzene rings is 2. The lowest BCUT2D eigenvalue weighted by Crippen LogP contribution is -2.14. The van der Waals surface area contributed by atoms with Crippen molar-refractivity contribution in [2.75, 3.05) is 5.32 Å². The lowest BCUT2D eigenvalue weighted by atomic mass is 10.2. The van der Waals surface area contributed by atoms with Crippen LogP contribution < -0.4 is 10.1 Å². The van der Waals surface area contributed by atoms with Gasteiger partial charge in [0.2, 0.25) is 0 Å². The van der Waals surface area contributed by atoms with E-state index >= 15 is 0 Å². The van der Waals surface area contributed by atoms with Crippen LogP contribution in [0.5, 0.6) is 11.5 Å². The van der Waals surface area contributed by atoms with E-state index in [1.165, 1.54) is 0 Å². The minimum Gasteiger partial charge on any atom is -0.457 e. The Hall–Kier alpha value is -3.08. The molecule has 23 heavy (non-hydrogen) atoms. The quantitative estimate of drug-likeness (QED) is 0.798. The van der Waals surface area contributed by atoms with E-state index in [0.29, 0.717) is 17.1 Å². The van der Waals surface area contributed by atoms with Crippen molar-refractivity contribution in [2.24, 2.45) is 7.05 Å². The molecule has 0 bridgehead atoms. The van der Waals surface area contributed by atoms with Gasteiger partial charge in [0.05, 0.1) is 5.69 Å². The van der Waals surface area contributed by atoms with Gasteiger partial charge in [-0.3, -0.25) is 9.48 Å². The molecular formula is C18H17N3O2. The van der Waals surface area contributed by atoms with Gasteiger partial charge in [-0.1, -0.05) is 24.3 Å². The maximum atomic E-state index is 12.4. The Morgan fingerprint density at radius 3 is 2.48 bits per heavy atom. The molecule has 0 unspecified atom stereocenters. The number of hydrogen-bond acceptors (Lipinski definition) is 3. The number of aromatic nitrogens is 2. The number of nitrogens with one attached hydrogen (secondary N) is 1. The van der Waals surface area contributed by atoms with Crippen LogP contribution in [0.15, 0.2) is 60.7 Å². The Balaban J connectivity index is 1.76. The fourth-order valence-electron chi connectivity index (χ4n) is 2.24. The smallest absolute Gasteiger partial charge is 0.256 e. The van der Waals surface area contributed by atoms with Gasteiger partial charge in [-0.15, -0.1) is 0 Å². The van der Waals surface area contributed by atoms with Gasteiger partial charge >= 0.3 is 0 Å². The molecule has 0 radical (unpaired) electrons. The third kappa shape index (κ3) is 3.58. The van der Waals surface area contributed by atoms with E-state index < -0.39 is 0 Å². The average molecular weight is 307 g/mol. The van der Waals surface area contributed by atoms with E-state index in [2.05, 4.69) is 10.4 Å². The Morgan fingerprint density at radius 2 is 1.78 bits per heavy atom. The second-order valence-corrected chi connectivity index (χ2v) is 5.19. The van der Waals surface area contributed by atoms with Gasteiger partial charge < -0.3 is 10.1 Å². The van der Waals surface area contributed by atoms with Crippen LogP contribution in [-0.4, -0.2) is 15.7 Å². The molecule has 1 amide bonds. The first-order valence-electron chi connectivity index (χ1n) is 7.27. The van der Waals surface area contributed by atoms with Crippen LogP contribution in [0.4, 0.5) is 5.82 Å². The predicted molar refractivity (Wildman–Crippen MR) is 88.9 cm³/mol. The third-order valence-electron chi connectivity index (χ3n) is 3.32. The number of para-hydroxylation sites is 1. The van der Waals surface area contributed by atoms with E-state index in [1.807, 2.05) is 49.4 Å². The summed E-state index contributed by atoms with van der Waals surface area (Å²) in [6.45, 7) is 1.88. The first kappa shape index (κ1) is 14.8. The highest BCUT2D eigenvalue weighted by atomic mass is 16.5. The number of nitrogens with zero attached hydrogens (tertiary/aromatic N) is 2. The van der Waals surface area contributed by atoms with Gasteiger partial charge in [0.15, 0.2) is 0 Å². The lowest BCUT2D eigenvalue weighted by molar-refractivity contribution is 0.102. The van der Waals surface area contributed by atoms with Crippen LogP contribution in [0.25, 0.3) is 0 Å². The van der Waals surface area contributed by atoms with E-state index in [9.17, 15) is 4.79 Å². The summed E-state index contributed by atoms with van der Waals surface area (Å²) in [6, 6.07) is 18.3. The van der Waals surface area contributed by atoms with Crippen molar-refractivity contribution in [1.82, 2.24) is 9.78 Å². The summed E-state index contributed by atoms with van der Waals surface area (Å²) in [7, 11) is 1.79. The van der Waals surface area contributed by atoms with Crippen molar-refractivity contribution in [1.29, 1.82) is 0 Å². The highest BCUT2D eigenvalue weighted by Gasteiger charge is 2.10. The van der Waals surface area contributed by atoms with Gasteiger partial charge in [-0.25, -0.2) is 0 Å². The number of aryl methyl sites for hydroxylation is 2. The van der Waals surface area contributed by atoms with Crippen LogP contribution in [0.2, 0.25) is 0 Å². The Labute approximate surface area is 134 Å². The maximum absolute atomic E-state index is 12.4. The minimum absolute atomic E-state index is 0.202. The second-order valence-electron chi connectivity index (χ2n) is 5.19. The topological polar surface area (TPSA) is 56.1 Å². The van der Waals surface area contributed by atoms with Crippen molar-refractivity contribution < 1.29 is 9.53 Å². The first-order valence-corrected chi connectivity index (χ1v) is 7.27. The molecule has 0 atom stereocenters. The number of amides is 1. The fraction of sp³-hybridized carbons (Fsp3) is 0.111. The average Bonchev–Trinajstić information content (AvgIpc) is 2.86. The molecule has 0 saturated carbocycles. The van der Waals surface area contributed by atoms with Gasteiger partial charge in [0, 0.05) is 18.7 Å². The van der Waals surface area contributed by atoms with Gasteiger partial charge in [0.25, 0.3) is 5.91 Å². The van der Waals surface area contributed by atoms with Crippen LogP contribution in [0.1, 0.15) is 16.1 Å². The normalized spacial score (nSPS) is 10.3. The number of ether oxygens (including phenoxy) is 1. The van der Waals surface area contributed by atoms with Gasteiger partial charge in [0.1, 0.15) is 17.3 Å². The number of carbonyl (C=O) groups is 1. The molecule has 1 aromatic heterocycles. The minimum atomic E-state index is -0.202. The number of hydrogen-bond donors (Lipinski definition) is 1. The zero-order chi connectivity index (χ0) is 16.2. The molecule has 0 saturated heterocycles. The highest BCUT2D eigenvalue weighted by Crippen LogP contribution is 2.22. The summed E-state index contributed by atoms with van der Waals surface area (Å²) in [5, 5.41) is 7.05. The van der Waals surface area contributed by atoms with E-state index in [4.69, 9.17) is 4.74 Å². The molecule has 1 heterocycles. The molecule has 2 aromatic carbocycles.